The van der Waals surface area contributed by atoms with Crippen LogP contribution >= 0.6 is 11.6 Å². The number of primary amides is 1. The lowest BCUT2D eigenvalue weighted by Crippen LogP contribution is -2.21. The molecule has 2 N–H and O–H groups in total. The molecule has 0 spiro atoms. The van der Waals surface area contributed by atoms with Gasteiger partial charge >= 0.3 is 0 Å². The standard InChI is InChI=1S/C20H19ClN8O/c1-10-15(11-6-14(21)18(23-8-11)29-25-4-5-26-29)19-24-9-13-12(17(22)30)7-20(2,3)16(13)28(19)27-10/h4-6,8-9,12H,7H2,1-3H3,(H2,22,30). The molecule has 4 aromatic rings. The Hall–Kier alpha value is -3.33. The highest BCUT2D eigenvalue weighted by Gasteiger charge is 2.42. The van der Waals surface area contributed by atoms with Crippen molar-refractivity contribution >= 4 is 23.2 Å². The van der Waals surface area contributed by atoms with Crippen LogP contribution < -0.4 is 5.73 Å². The minimum Gasteiger partial charge on any atom is -0.369 e. The molecule has 0 aromatic carbocycles. The predicted molar refractivity (Wildman–Crippen MR) is 110 cm³/mol. The monoisotopic (exact) mass is 422 g/mol. The molecule has 0 bridgehead atoms. The molecule has 4 aromatic heterocycles. The van der Waals surface area contributed by atoms with E-state index in [2.05, 4.69) is 34.0 Å². The summed E-state index contributed by atoms with van der Waals surface area (Å²) >= 11 is 6.47. The van der Waals surface area contributed by atoms with Gasteiger partial charge in [-0.3, -0.25) is 4.79 Å². The highest BCUT2D eigenvalue weighted by molar-refractivity contribution is 6.32. The van der Waals surface area contributed by atoms with E-state index in [4.69, 9.17) is 22.4 Å². The lowest BCUT2D eigenvalue weighted by atomic mass is 9.89. The zero-order valence-electron chi connectivity index (χ0n) is 16.7. The average molecular weight is 423 g/mol. The molecule has 1 atom stereocenters. The fraction of sp³-hybridized carbons (Fsp3) is 0.300. The highest BCUT2D eigenvalue weighted by atomic mass is 35.5. The molecule has 9 nitrogen and oxygen atoms in total. The molecule has 1 aliphatic rings. The van der Waals surface area contributed by atoms with Crippen LogP contribution in [-0.4, -0.2) is 40.5 Å². The van der Waals surface area contributed by atoms with E-state index in [0.717, 1.165) is 28.1 Å². The van der Waals surface area contributed by atoms with Crippen molar-refractivity contribution in [1.29, 1.82) is 0 Å². The first-order valence-electron chi connectivity index (χ1n) is 9.48. The summed E-state index contributed by atoms with van der Waals surface area (Å²) in [7, 11) is 0. The summed E-state index contributed by atoms with van der Waals surface area (Å²) in [4.78, 5) is 22.4. The van der Waals surface area contributed by atoms with E-state index < -0.39 is 0 Å². The zero-order chi connectivity index (χ0) is 21.2. The number of hydrogen-bond acceptors (Lipinski definition) is 6. The van der Waals surface area contributed by atoms with Crippen molar-refractivity contribution < 1.29 is 4.79 Å². The molecule has 0 saturated carbocycles. The molecule has 1 amide bonds. The lowest BCUT2D eigenvalue weighted by molar-refractivity contribution is -0.119. The van der Waals surface area contributed by atoms with Gasteiger partial charge in [-0.25, -0.2) is 14.5 Å². The van der Waals surface area contributed by atoms with Crippen LogP contribution in [0.5, 0.6) is 0 Å². The molecule has 4 heterocycles. The minimum atomic E-state index is -0.364. The number of carbonyl (C=O) groups excluding carboxylic acids is 1. The first-order valence-corrected chi connectivity index (χ1v) is 9.86. The van der Waals surface area contributed by atoms with Crippen LogP contribution in [0.3, 0.4) is 0 Å². The average Bonchev–Trinajstić information content (AvgIpc) is 3.37. The fourth-order valence-electron chi connectivity index (χ4n) is 4.39. The normalized spacial score (nSPS) is 17.4. The van der Waals surface area contributed by atoms with E-state index in [1.807, 2.05) is 17.5 Å². The number of nitrogens with zero attached hydrogens (tertiary/aromatic N) is 7. The third-order valence-corrected chi connectivity index (χ3v) is 5.92. The van der Waals surface area contributed by atoms with Crippen LogP contribution in [0.1, 0.15) is 43.1 Å². The van der Waals surface area contributed by atoms with Crippen molar-refractivity contribution in [3.8, 4) is 16.9 Å². The van der Waals surface area contributed by atoms with Gasteiger partial charge in [0.05, 0.1) is 40.3 Å². The maximum atomic E-state index is 12.0. The van der Waals surface area contributed by atoms with Crippen molar-refractivity contribution in [2.24, 2.45) is 5.73 Å². The molecule has 0 fully saturated rings. The molecule has 152 valence electrons. The number of aryl methyl sites for hydroxylation is 1. The third-order valence-electron chi connectivity index (χ3n) is 5.64. The molecule has 5 rings (SSSR count). The zero-order valence-corrected chi connectivity index (χ0v) is 17.4. The summed E-state index contributed by atoms with van der Waals surface area (Å²) in [6.45, 7) is 6.10. The first kappa shape index (κ1) is 18.7. The highest BCUT2D eigenvalue weighted by Crippen LogP contribution is 2.46. The second-order valence-electron chi connectivity index (χ2n) is 8.15. The number of pyridine rings is 1. The van der Waals surface area contributed by atoms with Gasteiger partial charge in [0.15, 0.2) is 11.5 Å². The number of amides is 1. The second-order valence-corrected chi connectivity index (χ2v) is 8.56. The predicted octanol–water partition coefficient (Wildman–Crippen LogP) is 2.58. The van der Waals surface area contributed by atoms with Gasteiger partial charge in [-0.2, -0.15) is 15.3 Å². The number of halogens is 1. The van der Waals surface area contributed by atoms with Gasteiger partial charge in [-0.1, -0.05) is 25.4 Å². The SMILES string of the molecule is Cc1nn2c3c(cnc2c1-c1cnc(-n2nccn2)c(Cl)c1)C(C(N)=O)CC3(C)C. The largest absolute Gasteiger partial charge is 0.369 e. The Morgan fingerprint density at radius 2 is 1.97 bits per heavy atom. The van der Waals surface area contributed by atoms with Gasteiger partial charge in [-0.15, -0.1) is 4.80 Å². The van der Waals surface area contributed by atoms with Gasteiger partial charge in [0.1, 0.15) is 0 Å². The summed E-state index contributed by atoms with van der Waals surface area (Å²) in [6, 6.07) is 1.81. The molecular formula is C20H19ClN8O. The van der Waals surface area contributed by atoms with E-state index in [0.29, 0.717) is 22.9 Å². The number of carbonyl (C=O) groups is 1. The Bertz CT molecular complexity index is 1310. The quantitative estimate of drug-likeness (QED) is 0.542. The van der Waals surface area contributed by atoms with Crippen molar-refractivity contribution in [2.45, 2.75) is 38.5 Å². The van der Waals surface area contributed by atoms with Crippen LogP contribution in [0, 0.1) is 6.92 Å². The van der Waals surface area contributed by atoms with E-state index in [1.54, 1.807) is 24.8 Å². The molecule has 1 unspecified atom stereocenters. The first-order chi connectivity index (χ1) is 14.3. The van der Waals surface area contributed by atoms with Gasteiger partial charge in [-0.05, 0) is 19.4 Å². The van der Waals surface area contributed by atoms with Crippen molar-refractivity contribution in [1.82, 2.24) is 34.6 Å². The van der Waals surface area contributed by atoms with Gasteiger partial charge < -0.3 is 5.73 Å². The maximum absolute atomic E-state index is 12.0. The molecule has 30 heavy (non-hydrogen) atoms. The topological polar surface area (TPSA) is 117 Å². The summed E-state index contributed by atoms with van der Waals surface area (Å²) in [5.74, 6) is -0.262. The lowest BCUT2D eigenvalue weighted by Gasteiger charge is -2.19. The van der Waals surface area contributed by atoms with Crippen LogP contribution in [0.4, 0.5) is 0 Å². The maximum Gasteiger partial charge on any atom is 0.225 e. The molecule has 0 radical (unpaired) electrons. The Morgan fingerprint density at radius 1 is 1.23 bits per heavy atom. The summed E-state index contributed by atoms with van der Waals surface area (Å²) in [6.07, 6.45) is 7.21. The van der Waals surface area contributed by atoms with Crippen LogP contribution in [-0.2, 0) is 10.2 Å². The van der Waals surface area contributed by atoms with Crippen molar-refractivity contribution in [3.63, 3.8) is 0 Å². The number of rotatable bonds is 3. The van der Waals surface area contributed by atoms with Gasteiger partial charge in [0, 0.05) is 28.9 Å². The number of hydrogen-bond donors (Lipinski definition) is 1. The van der Waals surface area contributed by atoms with Crippen LogP contribution in [0.15, 0.2) is 30.9 Å². The van der Waals surface area contributed by atoms with Crippen molar-refractivity contribution in [3.05, 3.63) is 52.8 Å². The Kier molecular flexibility index (Phi) is 3.94. The third kappa shape index (κ3) is 2.62. The Morgan fingerprint density at radius 3 is 2.63 bits per heavy atom. The molecular weight excluding hydrogens is 404 g/mol. The second kappa shape index (κ2) is 6.33. The summed E-state index contributed by atoms with van der Waals surface area (Å²) < 4.78 is 1.83. The van der Waals surface area contributed by atoms with E-state index in [-0.39, 0.29) is 17.2 Å². The Labute approximate surface area is 176 Å². The summed E-state index contributed by atoms with van der Waals surface area (Å²) in [5.41, 5.74) is 10.3. The van der Waals surface area contributed by atoms with Gasteiger partial charge in [0.25, 0.3) is 0 Å². The van der Waals surface area contributed by atoms with E-state index in [9.17, 15) is 4.79 Å². The number of aromatic nitrogens is 7. The van der Waals surface area contributed by atoms with Crippen LogP contribution in [0.2, 0.25) is 5.02 Å². The van der Waals surface area contributed by atoms with Crippen molar-refractivity contribution in [2.75, 3.05) is 0 Å². The molecule has 1 aliphatic carbocycles. The molecule has 0 aliphatic heterocycles. The smallest absolute Gasteiger partial charge is 0.225 e. The molecule has 10 heteroatoms. The fourth-order valence-corrected chi connectivity index (χ4v) is 4.63. The minimum absolute atomic E-state index is 0.266. The Balaban J connectivity index is 1.70. The van der Waals surface area contributed by atoms with Crippen LogP contribution in [0.25, 0.3) is 22.6 Å². The summed E-state index contributed by atoms with van der Waals surface area (Å²) in [5, 5.41) is 13.3. The van der Waals surface area contributed by atoms with Gasteiger partial charge in [0.2, 0.25) is 5.91 Å². The van der Waals surface area contributed by atoms with E-state index in [1.165, 1.54) is 4.80 Å². The number of fused-ring (bicyclic) bond motifs is 3. The number of nitrogens with two attached hydrogens (primary N) is 1. The van der Waals surface area contributed by atoms with E-state index >= 15 is 0 Å². The molecule has 0 saturated heterocycles.